The number of aromatic nitrogens is 3. The number of fused-ring (bicyclic) bond motifs is 1. The second-order valence-corrected chi connectivity index (χ2v) is 7.48. The molecule has 0 N–H and O–H groups in total. The maximum Gasteiger partial charge on any atom is 0.257 e. The van der Waals surface area contributed by atoms with Gasteiger partial charge >= 0.3 is 0 Å². The summed E-state index contributed by atoms with van der Waals surface area (Å²) in [5.74, 6) is 2.37. The molecule has 0 unspecified atom stereocenters. The highest BCUT2D eigenvalue weighted by Gasteiger charge is 2.29. The molecule has 3 aromatic rings. The Kier molecular flexibility index (Phi) is 4.70. The van der Waals surface area contributed by atoms with Crippen LogP contribution in [0.2, 0.25) is 0 Å². The Morgan fingerprint density at radius 1 is 1.22 bits per heavy atom. The smallest absolute Gasteiger partial charge is 0.257 e. The molecule has 0 spiro atoms. The van der Waals surface area contributed by atoms with Crippen molar-refractivity contribution in [2.75, 3.05) is 27.2 Å². The average Bonchev–Trinajstić information content (AvgIpc) is 3.25. The van der Waals surface area contributed by atoms with Crippen LogP contribution < -0.4 is 0 Å². The predicted molar refractivity (Wildman–Crippen MR) is 102 cm³/mol. The minimum Gasteiger partial charge on any atom is -0.463 e. The van der Waals surface area contributed by atoms with Crippen molar-refractivity contribution in [1.29, 1.82) is 0 Å². The number of furan rings is 1. The Morgan fingerprint density at radius 2 is 1.96 bits per heavy atom. The molecule has 1 fully saturated rings. The molecule has 1 aromatic carbocycles. The lowest BCUT2D eigenvalue weighted by atomic mass is 9.95. The molecule has 4 rings (SSSR count). The molecule has 7 heteroatoms. The van der Waals surface area contributed by atoms with Crippen LogP contribution in [0.5, 0.6) is 0 Å². The molecule has 27 heavy (non-hydrogen) atoms. The highest BCUT2D eigenvalue weighted by atomic mass is 16.3. The number of carbonyl (C=O) groups is 1. The zero-order chi connectivity index (χ0) is 19.0. The fourth-order valence-electron chi connectivity index (χ4n) is 3.81. The van der Waals surface area contributed by atoms with Crippen molar-refractivity contribution in [2.24, 2.45) is 7.05 Å². The van der Waals surface area contributed by atoms with Crippen molar-refractivity contribution in [3.05, 3.63) is 47.7 Å². The van der Waals surface area contributed by atoms with E-state index in [9.17, 15) is 4.79 Å². The summed E-state index contributed by atoms with van der Waals surface area (Å²) in [6, 6.07) is 7.67. The topological polar surface area (TPSA) is 67.4 Å². The van der Waals surface area contributed by atoms with E-state index in [2.05, 4.69) is 19.7 Å². The van der Waals surface area contributed by atoms with Gasteiger partial charge in [-0.15, -0.1) is 10.2 Å². The number of hydrogen-bond acceptors (Lipinski definition) is 5. The lowest BCUT2D eigenvalue weighted by Crippen LogP contribution is -2.38. The van der Waals surface area contributed by atoms with Crippen molar-refractivity contribution in [1.82, 2.24) is 24.6 Å². The number of rotatable bonds is 4. The van der Waals surface area contributed by atoms with Gasteiger partial charge in [-0.2, -0.15) is 0 Å². The zero-order valence-electron chi connectivity index (χ0n) is 16.1. The first-order valence-corrected chi connectivity index (χ1v) is 9.33. The summed E-state index contributed by atoms with van der Waals surface area (Å²) in [4.78, 5) is 16.9. The van der Waals surface area contributed by atoms with Crippen LogP contribution in [-0.2, 0) is 13.6 Å². The fourth-order valence-corrected chi connectivity index (χ4v) is 3.81. The van der Waals surface area contributed by atoms with Gasteiger partial charge in [0.1, 0.15) is 23.5 Å². The number of carbonyl (C=O) groups excluding carboxylic acids is 1. The third-order valence-electron chi connectivity index (χ3n) is 5.32. The van der Waals surface area contributed by atoms with Crippen molar-refractivity contribution in [3.8, 4) is 0 Å². The Hall–Kier alpha value is -2.67. The van der Waals surface area contributed by atoms with Crippen molar-refractivity contribution < 1.29 is 9.21 Å². The van der Waals surface area contributed by atoms with Gasteiger partial charge in [0.25, 0.3) is 5.91 Å². The Bertz CT molecular complexity index is 950. The number of hydrogen-bond donors (Lipinski definition) is 0. The molecule has 0 aliphatic carbocycles. The van der Waals surface area contributed by atoms with Crippen LogP contribution in [-0.4, -0.2) is 57.7 Å². The summed E-state index contributed by atoms with van der Waals surface area (Å²) in [7, 11) is 6.08. The summed E-state index contributed by atoms with van der Waals surface area (Å²) in [5, 5.41) is 9.64. The summed E-state index contributed by atoms with van der Waals surface area (Å²) in [6.45, 7) is 2.21. The number of amides is 1. The molecule has 3 heterocycles. The molecular weight excluding hydrogens is 342 g/mol. The monoisotopic (exact) mass is 367 g/mol. The first-order valence-electron chi connectivity index (χ1n) is 9.33. The molecule has 1 aliphatic rings. The molecule has 0 atom stereocenters. The van der Waals surface area contributed by atoms with Crippen molar-refractivity contribution in [2.45, 2.75) is 25.3 Å². The van der Waals surface area contributed by atoms with Gasteiger partial charge in [-0.3, -0.25) is 4.79 Å². The number of piperidine rings is 1. The van der Waals surface area contributed by atoms with Crippen LogP contribution in [0.25, 0.3) is 11.0 Å². The first kappa shape index (κ1) is 17.7. The minimum atomic E-state index is 0.0460. The summed E-state index contributed by atoms with van der Waals surface area (Å²) in [5.41, 5.74) is 1.40. The van der Waals surface area contributed by atoms with Crippen molar-refractivity contribution in [3.63, 3.8) is 0 Å². The van der Waals surface area contributed by atoms with E-state index in [0.29, 0.717) is 11.5 Å². The van der Waals surface area contributed by atoms with E-state index < -0.39 is 0 Å². The van der Waals surface area contributed by atoms with E-state index in [-0.39, 0.29) is 5.91 Å². The van der Waals surface area contributed by atoms with Gasteiger partial charge in [0.05, 0.1) is 12.1 Å². The molecule has 1 amide bonds. The van der Waals surface area contributed by atoms with Crippen LogP contribution in [0.3, 0.4) is 0 Å². The lowest BCUT2D eigenvalue weighted by Gasteiger charge is -2.31. The van der Waals surface area contributed by atoms with Crippen LogP contribution in [0.4, 0.5) is 0 Å². The quantitative estimate of drug-likeness (QED) is 0.709. The highest BCUT2D eigenvalue weighted by molar-refractivity contribution is 6.05. The molecule has 7 nitrogen and oxygen atoms in total. The van der Waals surface area contributed by atoms with E-state index in [1.807, 2.05) is 50.3 Å². The number of benzene rings is 1. The number of para-hydroxylation sites is 1. The second kappa shape index (κ2) is 7.15. The predicted octanol–water partition coefficient (Wildman–Crippen LogP) is 2.64. The Morgan fingerprint density at radius 3 is 2.70 bits per heavy atom. The fraction of sp³-hybridized carbons (Fsp3) is 0.450. The van der Waals surface area contributed by atoms with Crippen LogP contribution >= 0.6 is 0 Å². The molecule has 1 aliphatic heterocycles. The van der Waals surface area contributed by atoms with Gasteiger partial charge in [-0.25, -0.2) is 0 Å². The lowest BCUT2D eigenvalue weighted by molar-refractivity contribution is 0.0711. The van der Waals surface area contributed by atoms with Crippen LogP contribution in [0, 0.1) is 0 Å². The number of likely N-dealkylation sites (tertiary alicyclic amines) is 1. The van der Waals surface area contributed by atoms with Gasteiger partial charge < -0.3 is 18.8 Å². The molecule has 0 radical (unpaired) electrons. The molecular formula is C20H25N5O2. The van der Waals surface area contributed by atoms with Crippen LogP contribution in [0.15, 0.2) is 34.9 Å². The molecule has 2 aromatic heterocycles. The molecule has 0 saturated carbocycles. The van der Waals surface area contributed by atoms with E-state index in [0.717, 1.165) is 55.1 Å². The van der Waals surface area contributed by atoms with E-state index in [4.69, 9.17) is 4.42 Å². The van der Waals surface area contributed by atoms with E-state index in [1.165, 1.54) is 0 Å². The first-order chi connectivity index (χ1) is 13.0. The summed E-state index contributed by atoms with van der Waals surface area (Å²) in [6.07, 6.45) is 3.38. The van der Waals surface area contributed by atoms with Crippen LogP contribution in [0.1, 0.15) is 40.8 Å². The normalized spacial score (nSPS) is 15.8. The third kappa shape index (κ3) is 3.35. The second-order valence-electron chi connectivity index (χ2n) is 7.48. The van der Waals surface area contributed by atoms with Gasteiger partial charge in [-0.1, -0.05) is 18.2 Å². The number of nitrogens with zero attached hydrogens (tertiary/aromatic N) is 5. The maximum atomic E-state index is 12.9. The third-order valence-corrected chi connectivity index (χ3v) is 5.32. The largest absolute Gasteiger partial charge is 0.463 e. The van der Waals surface area contributed by atoms with Gasteiger partial charge in [0.15, 0.2) is 0 Å². The molecule has 142 valence electrons. The van der Waals surface area contributed by atoms with E-state index >= 15 is 0 Å². The Balaban J connectivity index is 1.45. The minimum absolute atomic E-state index is 0.0460. The molecule has 0 bridgehead atoms. The SMILES string of the molecule is CN(C)Cc1nnc(C2CCN(C(=O)c3coc4ccccc34)CC2)n1C. The van der Waals surface area contributed by atoms with E-state index in [1.54, 1.807) is 6.26 Å². The molecule has 1 saturated heterocycles. The standard InChI is InChI=1S/C20H25N5O2/c1-23(2)12-18-21-22-19(24(18)3)14-8-10-25(11-9-14)20(26)16-13-27-17-7-5-4-6-15(16)17/h4-7,13-14H,8-12H2,1-3H3. The maximum absolute atomic E-state index is 12.9. The Labute approximate surface area is 158 Å². The average molecular weight is 367 g/mol. The highest BCUT2D eigenvalue weighted by Crippen LogP contribution is 2.29. The zero-order valence-corrected chi connectivity index (χ0v) is 16.1. The van der Waals surface area contributed by atoms with Gasteiger partial charge in [0, 0.05) is 31.4 Å². The van der Waals surface area contributed by atoms with Gasteiger partial charge in [0.2, 0.25) is 0 Å². The van der Waals surface area contributed by atoms with Gasteiger partial charge in [-0.05, 0) is 33.0 Å². The van der Waals surface area contributed by atoms with Crippen molar-refractivity contribution >= 4 is 16.9 Å². The summed E-state index contributed by atoms with van der Waals surface area (Å²) < 4.78 is 7.63. The summed E-state index contributed by atoms with van der Waals surface area (Å²) >= 11 is 0.